The van der Waals surface area contributed by atoms with Gasteiger partial charge < -0.3 is 15.3 Å². The largest absolute Gasteiger partial charge is 0.477 e. The number of rotatable bonds is 24. The van der Waals surface area contributed by atoms with E-state index in [2.05, 4.69) is 6.92 Å². The molecule has 0 aromatic rings. The Hall–Kier alpha value is -1.63. The molecule has 0 aliphatic rings. The summed E-state index contributed by atoms with van der Waals surface area (Å²) in [6, 6.07) is 0. The maximum absolute atomic E-state index is 11.2. The third kappa shape index (κ3) is 19.1. The minimum Gasteiger partial charge on any atom is -0.477 e. The molecule has 7 heteroatoms. The molecule has 7 nitrogen and oxygen atoms in total. The van der Waals surface area contributed by atoms with Crippen molar-refractivity contribution in [2.45, 2.75) is 116 Å². The molecule has 0 aliphatic carbocycles. The zero-order valence-electron chi connectivity index (χ0n) is 20.4. The normalized spacial score (nSPS) is 11.5. The van der Waals surface area contributed by atoms with E-state index in [9.17, 15) is 14.4 Å². The van der Waals surface area contributed by atoms with Crippen LogP contribution < -0.4 is 0 Å². The van der Waals surface area contributed by atoms with Gasteiger partial charge in [0.1, 0.15) is 0 Å². The first-order chi connectivity index (χ1) is 15.3. The summed E-state index contributed by atoms with van der Waals surface area (Å²) < 4.78 is -0.432. The van der Waals surface area contributed by atoms with Gasteiger partial charge in [0.05, 0.1) is 6.54 Å². The summed E-state index contributed by atoms with van der Waals surface area (Å²) in [5, 5.41) is 27.4. The lowest BCUT2D eigenvalue weighted by Crippen LogP contribution is -2.57. The molecular formula is C25H48NO6+. The van der Waals surface area contributed by atoms with Gasteiger partial charge in [-0.25, -0.2) is 14.4 Å². The number of carboxylic acid groups (broad SMARTS) is 3. The van der Waals surface area contributed by atoms with E-state index < -0.39 is 42.0 Å². The number of carboxylic acids is 3. The summed E-state index contributed by atoms with van der Waals surface area (Å²) in [7, 11) is 0. The predicted octanol–water partition coefficient (Wildman–Crippen LogP) is 5.71. The minimum absolute atomic E-state index is 0.267. The van der Waals surface area contributed by atoms with E-state index in [-0.39, 0.29) is 6.54 Å². The van der Waals surface area contributed by atoms with E-state index in [1.807, 2.05) is 0 Å². The highest BCUT2D eigenvalue weighted by Crippen LogP contribution is 2.15. The number of quaternary nitrogens is 1. The van der Waals surface area contributed by atoms with Gasteiger partial charge in [0.25, 0.3) is 0 Å². The number of nitrogens with zero attached hydrogens (tertiary/aromatic N) is 1. The van der Waals surface area contributed by atoms with E-state index in [1.54, 1.807) is 0 Å². The van der Waals surface area contributed by atoms with Crippen LogP contribution in [0.15, 0.2) is 0 Å². The molecule has 0 aliphatic heterocycles. The molecule has 0 saturated heterocycles. The Bertz CT molecular complexity index is 468. The highest BCUT2D eigenvalue weighted by molar-refractivity contribution is 5.73. The fourth-order valence-electron chi connectivity index (χ4n) is 4.44. The number of hydrogen-bond acceptors (Lipinski definition) is 3. The predicted molar refractivity (Wildman–Crippen MR) is 127 cm³/mol. The van der Waals surface area contributed by atoms with Crippen LogP contribution in [0.25, 0.3) is 0 Å². The molecule has 0 bridgehead atoms. The molecule has 0 aromatic carbocycles. The standard InChI is InChI=1S/C25H47NO6/c1-2-3-4-5-6-7-8-9-10-11-12-13-14-15-16-17-18-19-26(20-23(27)28,21-24(29)30)22-25(31)32/h2-22H2,1H3,(H2-,27,28,29,30,31,32)/p+1. The van der Waals surface area contributed by atoms with E-state index >= 15 is 0 Å². The van der Waals surface area contributed by atoms with Gasteiger partial charge in [0.15, 0.2) is 19.6 Å². The Morgan fingerprint density at radius 3 is 0.969 bits per heavy atom. The number of hydrogen-bond donors (Lipinski definition) is 3. The molecule has 0 heterocycles. The lowest BCUT2D eigenvalue weighted by molar-refractivity contribution is -0.907. The van der Waals surface area contributed by atoms with Crippen molar-refractivity contribution in [3.05, 3.63) is 0 Å². The molecule has 32 heavy (non-hydrogen) atoms. The molecule has 0 saturated carbocycles. The van der Waals surface area contributed by atoms with Crippen LogP contribution in [0.3, 0.4) is 0 Å². The highest BCUT2D eigenvalue weighted by Gasteiger charge is 2.35. The summed E-state index contributed by atoms with van der Waals surface area (Å²) in [6.45, 7) is 1.10. The Balaban J connectivity index is 3.77. The van der Waals surface area contributed by atoms with Gasteiger partial charge >= 0.3 is 17.9 Å². The lowest BCUT2D eigenvalue weighted by Gasteiger charge is -2.34. The molecule has 0 rings (SSSR count). The monoisotopic (exact) mass is 458 g/mol. The van der Waals surface area contributed by atoms with Gasteiger partial charge in [-0.2, -0.15) is 0 Å². The van der Waals surface area contributed by atoms with E-state index in [0.29, 0.717) is 6.42 Å². The molecule has 0 fully saturated rings. The van der Waals surface area contributed by atoms with Crippen molar-refractivity contribution in [2.24, 2.45) is 0 Å². The second-order valence-corrected chi connectivity index (χ2v) is 9.38. The molecule has 0 aromatic heterocycles. The van der Waals surface area contributed by atoms with Crippen molar-refractivity contribution in [3.8, 4) is 0 Å². The SMILES string of the molecule is CCCCCCCCCCCCCCCCCCC[N+](CC(=O)O)(CC(=O)O)CC(=O)O. The van der Waals surface area contributed by atoms with Gasteiger partial charge in [-0.05, 0) is 12.8 Å². The fourth-order valence-corrected chi connectivity index (χ4v) is 4.44. The van der Waals surface area contributed by atoms with Gasteiger partial charge in [-0.1, -0.05) is 103 Å². The zero-order valence-corrected chi connectivity index (χ0v) is 20.4. The Morgan fingerprint density at radius 2 is 0.719 bits per heavy atom. The average molecular weight is 459 g/mol. The van der Waals surface area contributed by atoms with Gasteiger partial charge in [0.2, 0.25) is 0 Å². The van der Waals surface area contributed by atoms with Crippen LogP contribution in [0.1, 0.15) is 116 Å². The van der Waals surface area contributed by atoms with Gasteiger partial charge in [-0.3, -0.25) is 4.48 Å². The summed E-state index contributed by atoms with van der Waals surface area (Å²) >= 11 is 0. The van der Waals surface area contributed by atoms with Crippen LogP contribution in [0.5, 0.6) is 0 Å². The van der Waals surface area contributed by atoms with Crippen molar-refractivity contribution in [2.75, 3.05) is 26.2 Å². The van der Waals surface area contributed by atoms with Crippen LogP contribution in [-0.4, -0.2) is 63.9 Å². The first kappa shape index (κ1) is 30.4. The first-order valence-electron chi connectivity index (χ1n) is 12.8. The molecule has 0 amide bonds. The van der Waals surface area contributed by atoms with Crippen LogP contribution >= 0.6 is 0 Å². The molecular weight excluding hydrogens is 410 g/mol. The van der Waals surface area contributed by atoms with Crippen molar-refractivity contribution < 1.29 is 34.2 Å². The van der Waals surface area contributed by atoms with Crippen molar-refractivity contribution in [3.63, 3.8) is 0 Å². The fraction of sp³-hybridized carbons (Fsp3) is 0.880. The van der Waals surface area contributed by atoms with Crippen LogP contribution in [-0.2, 0) is 14.4 Å². The lowest BCUT2D eigenvalue weighted by atomic mass is 10.0. The molecule has 0 radical (unpaired) electrons. The third-order valence-electron chi connectivity index (χ3n) is 6.15. The quantitative estimate of drug-likeness (QED) is 0.126. The maximum Gasteiger partial charge on any atom is 0.359 e. The highest BCUT2D eigenvalue weighted by atomic mass is 16.4. The Morgan fingerprint density at radius 1 is 0.469 bits per heavy atom. The van der Waals surface area contributed by atoms with Crippen LogP contribution in [0.4, 0.5) is 0 Å². The molecule has 188 valence electrons. The van der Waals surface area contributed by atoms with E-state index in [4.69, 9.17) is 15.3 Å². The maximum atomic E-state index is 11.2. The number of carbonyl (C=O) groups is 3. The van der Waals surface area contributed by atoms with E-state index in [1.165, 1.54) is 83.5 Å². The Kier molecular flexibility index (Phi) is 19.0. The second-order valence-electron chi connectivity index (χ2n) is 9.38. The smallest absolute Gasteiger partial charge is 0.359 e. The Labute approximate surface area is 194 Å². The van der Waals surface area contributed by atoms with Crippen LogP contribution in [0, 0.1) is 0 Å². The summed E-state index contributed by atoms with van der Waals surface area (Å²) in [5.74, 6) is -3.50. The van der Waals surface area contributed by atoms with Gasteiger partial charge in [-0.15, -0.1) is 0 Å². The minimum atomic E-state index is -1.17. The summed E-state index contributed by atoms with van der Waals surface area (Å²) in [6.07, 6.45) is 21.0. The zero-order chi connectivity index (χ0) is 24.1. The molecule has 0 atom stereocenters. The molecule has 0 unspecified atom stereocenters. The van der Waals surface area contributed by atoms with Crippen LogP contribution in [0.2, 0.25) is 0 Å². The average Bonchev–Trinajstić information content (AvgIpc) is 2.68. The van der Waals surface area contributed by atoms with Gasteiger partial charge in [0, 0.05) is 0 Å². The molecule has 0 spiro atoms. The second kappa shape index (κ2) is 20.0. The first-order valence-corrected chi connectivity index (χ1v) is 12.8. The molecule has 3 N–H and O–H groups in total. The topological polar surface area (TPSA) is 112 Å². The summed E-state index contributed by atoms with van der Waals surface area (Å²) in [5.41, 5.74) is 0. The van der Waals surface area contributed by atoms with Crippen molar-refractivity contribution in [1.82, 2.24) is 0 Å². The number of unbranched alkanes of at least 4 members (excludes halogenated alkanes) is 16. The van der Waals surface area contributed by atoms with Crippen molar-refractivity contribution in [1.29, 1.82) is 0 Å². The van der Waals surface area contributed by atoms with Crippen molar-refractivity contribution >= 4 is 17.9 Å². The number of aliphatic carboxylic acids is 3. The van der Waals surface area contributed by atoms with E-state index in [0.717, 1.165) is 19.3 Å². The summed E-state index contributed by atoms with van der Waals surface area (Å²) in [4.78, 5) is 33.5. The third-order valence-corrected chi connectivity index (χ3v) is 6.15.